The topological polar surface area (TPSA) is 27.7 Å². The van der Waals surface area contributed by atoms with Crippen LogP contribution in [-0.2, 0) is 8.85 Å². The summed E-state index contributed by atoms with van der Waals surface area (Å²) in [4.78, 5) is 0. The second-order valence-corrected chi connectivity index (χ2v) is 20.1. The van der Waals surface area contributed by atoms with E-state index in [1.165, 1.54) is 11.1 Å². The Hall–Kier alpha value is -0.626. The van der Waals surface area contributed by atoms with E-state index >= 15 is 0 Å². The van der Waals surface area contributed by atoms with Crippen LogP contribution in [-0.4, -0.2) is 23.7 Å². The van der Waals surface area contributed by atoms with Crippen LogP contribution in [0.4, 0.5) is 0 Å². The first kappa shape index (κ1) is 21.7. The maximum atomic E-state index is 6.82. The number of methoxy groups -OCH3 is 1. The van der Waals surface area contributed by atoms with Crippen molar-refractivity contribution in [1.29, 1.82) is 0 Å². The van der Waals surface area contributed by atoms with Gasteiger partial charge in [0.1, 0.15) is 18.0 Å². The molecule has 0 saturated heterocycles. The largest absolute Gasteiger partial charge is 0.497 e. The van der Waals surface area contributed by atoms with Gasteiger partial charge in [0.25, 0.3) is 0 Å². The Bertz CT molecular complexity index is 654. The van der Waals surface area contributed by atoms with Gasteiger partial charge in [0.05, 0.1) is 7.11 Å². The van der Waals surface area contributed by atoms with Crippen molar-refractivity contribution in [2.24, 2.45) is 0 Å². The normalized spacial score (nSPS) is 21.2. The first-order chi connectivity index (χ1) is 11.6. The van der Waals surface area contributed by atoms with Gasteiger partial charge in [0.2, 0.25) is 0 Å². The molecule has 0 heterocycles. The summed E-state index contributed by atoms with van der Waals surface area (Å²) in [6.45, 7) is 23.0. The number of benzene rings is 1. The molecule has 0 spiro atoms. The van der Waals surface area contributed by atoms with Crippen LogP contribution in [0.3, 0.4) is 0 Å². The Morgan fingerprint density at radius 3 is 1.54 bits per heavy atom. The van der Waals surface area contributed by atoms with Crippen LogP contribution in [0.2, 0.25) is 36.3 Å². The van der Waals surface area contributed by atoms with Gasteiger partial charge < -0.3 is 13.6 Å². The molecule has 26 heavy (non-hydrogen) atoms. The van der Waals surface area contributed by atoms with E-state index in [1.54, 1.807) is 7.11 Å². The fourth-order valence-electron chi connectivity index (χ4n) is 2.65. The lowest BCUT2D eigenvalue weighted by Crippen LogP contribution is -2.49. The fourth-order valence-corrected chi connectivity index (χ4v) is 5.13. The highest BCUT2D eigenvalue weighted by Crippen LogP contribution is 2.55. The molecule has 0 bridgehead atoms. The monoisotopic (exact) mass is 394 g/mol. The molecule has 2 rings (SSSR count). The molecule has 0 unspecified atom stereocenters. The van der Waals surface area contributed by atoms with E-state index in [4.69, 9.17) is 13.6 Å². The molecule has 0 radical (unpaired) electrons. The summed E-state index contributed by atoms with van der Waals surface area (Å²) in [6, 6.07) is 6.31. The van der Waals surface area contributed by atoms with E-state index in [1.807, 2.05) is 6.07 Å². The summed E-state index contributed by atoms with van der Waals surface area (Å²) in [5.74, 6) is 0.887. The first-order valence-electron chi connectivity index (χ1n) is 9.64. The summed E-state index contributed by atoms with van der Waals surface area (Å²) in [7, 11) is -2.07. The zero-order valence-corrected chi connectivity index (χ0v) is 20.6. The Morgan fingerprint density at radius 2 is 1.15 bits per heavy atom. The van der Waals surface area contributed by atoms with Gasteiger partial charge >= 0.3 is 0 Å². The van der Waals surface area contributed by atoms with Crippen LogP contribution in [0, 0.1) is 0 Å². The molecule has 0 aliphatic heterocycles. The lowest BCUT2D eigenvalue weighted by atomic mass is 9.82. The van der Waals surface area contributed by atoms with E-state index in [9.17, 15) is 0 Å². The molecule has 1 aliphatic carbocycles. The summed E-state index contributed by atoms with van der Waals surface area (Å²) in [5, 5.41) is 0.347. The highest BCUT2D eigenvalue weighted by molar-refractivity contribution is 6.74. The number of rotatable bonds is 5. The van der Waals surface area contributed by atoms with Gasteiger partial charge in [-0.05, 0) is 59.5 Å². The minimum Gasteiger partial charge on any atom is -0.497 e. The summed E-state index contributed by atoms with van der Waals surface area (Å²) in [5.41, 5.74) is 2.50. The van der Waals surface area contributed by atoms with Crippen LogP contribution in [0.1, 0.15) is 64.9 Å². The molecule has 148 valence electrons. The molecular formula is C21H38O3Si2. The van der Waals surface area contributed by atoms with E-state index in [0.717, 1.165) is 5.75 Å². The Balaban J connectivity index is 2.38. The highest BCUT2D eigenvalue weighted by atomic mass is 28.4. The zero-order valence-electron chi connectivity index (χ0n) is 18.6. The van der Waals surface area contributed by atoms with Gasteiger partial charge in [-0.1, -0.05) is 47.6 Å². The lowest BCUT2D eigenvalue weighted by Gasteiger charge is -2.50. The van der Waals surface area contributed by atoms with Gasteiger partial charge in [0.15, 0.2) is 16.6 Å². The SMILES string of the molecule is COc1ccc2c(c1)[C@@H](O[Si](C)(C)C(C)(C)C)[C@@H]2O[Si](C)(C)C(C)(C)C. The van der Waals surface area contributed by atoms with Crippen molar-refractivity contribution in [3.05, 3.63) is 29.3 Å². The molecule has 0 aromatic heterocycles. The van der Waals surface area contributed by atoms with Crippen LogP contribution in [0.5, 0.6) is 5.75 Å². The third-order valence-electron chi connectivity index (χ3n) is 6.64. The minimum atomic E-state index is -1.90. The van der Waals surface area contributed by atoms with Crippen molar-refractivity contribution in [3.8, 4) is 5.75 Å². The molecule has 5 heteroatoms. The number of hydrogen-bond acceptors (Lipinski definition) is 3. The van der Waals surface area contributed by atoms with Crippen molar-refractivity contribution in [2.75, 3.05) is 7.11 Å². The van der Waals surface area contributed by atoms with E-state index in [-0.39, 0.29) is 22.3 Å². The lowest BCUT2D eigenvalue weighted by molar-refractivity contribution is 0.00382. The van der Waals surface area contributed by atoms with Crippen molar-refractivity contribution in [1.82, 2.24) is 0 Å². The first-order valence-corrected chi connectivity index (χ1v) is 15.5. The summed E-state index contributed by atoms with van der Waals surface area (Å²) >= 11 is 0. The quantitative estimate of drug-likeness (QED) is 0.512. The van der Waals surface area contributed by atoms with E-state index < -0.39 is 16.6 Å². The molecule has 1 aromatic rings. The van der Waals surface area contributed by atoms with Gasteiger partial charge in [-0.15, -0.1) is 0 Å². The number of hydrogen-bond donors (Lipinski definition) is 0. The van der Waals surface area contributed by atoms with E-state index in [0.29, 0.717) is 0 Å². The second kappa shape index (κ2) is 6.76. The van der Waals surface area contributed by atoms with Crippen LogP contribution in [0.15, 0.2) is 18.2 Å². The summed E-state index contributed by atoms with van der Waals surface area (Å²) in [6.07, 6.45) is 0.0426. The summed E-state index contributed by atoms with van der Waals surface area (Å²) < 4.78 is 19.1. The van der Waals surface area contributed by atoms with Gasteiger partial charge in [-0.2, -0.15) is 0 Å². The third kappa shape index (κ3) is 3.96. The average molecular weight is 395 g/mol. The molecule has 0 N–H and O–H groups in total. The minimum absolute atomic E-state index is 0.00937. The Kier molecular flexibility index (Phi) is 5.64. The van der Waals surface area contributed by atoms with Gasteiger partial charge in [-0.3, -0.25) is 0 Å². The Labute approximate surface area is 162 Å². The molecule has 0 amide bonds. The maximum Gasteiger partial charge on any atom is 0.193 e. The van der Waals surface area contributed by atoms with Crippen molar-refractivity contribution < 1.29 is 13.6 Å². The van der Waals surface area contributed by atoms with Crippen molar-refractivity contribution in [2.45, 2.75) is 90.0 Å². The van der Waals surface area contributed by atoms with Crippen molar-refractivity contribution in [3.63, 3.8) is 0 Å². The van der Waals surface area contributed by atoms with E-state index in [2.05, 4.69) is 79.9 Å². The standard InChI is InChI=1S/C21H38O3Si2/c1-20(2,3)25(8,9)23-18-16-13-12-15(22-7)14-17(16)19(18)24-26(10,11)21(4,5)6/h12-14,18-19H,1-11H3/t18-,19-/m1/s1. The molecule has 0 saturated carbocycles. The smallest absolute Gasteiger partial charge is 0.193 e. The highest BCUT2D eigenvalue weighted by Gasteiger charge is 2.50. The van der Waals surface area contributed by atoms with Crippen LogP contribution >= 0.6 is 0 Å². The Morgan fingerprint density at radius 1 is 0.731 bits per heavy atom. The number of fused-ring (bicyclic) bond motifs is 1. The molecule has 0 fully saturated rings. The van der Waals surface area contributed by atoms with Crippen LogP contribution < -0.4 is 4.74 Å². The predicted molar refractivity (Wildman–Crippen MR) is 115 cm³/mol. The average Bonchev–Trinajstić information content (AvgIpc) is 2.48. The molecule has 1 aliphatic rings. The maximum absolute atomic E-state index is 6.82. The zero-order chi connectivity index (χ0) is 20.1. The molecule has 1 aromatic carbocycles. The molecule has 2 atom stereocenters. The molecular weight excluding hydrogens is 356 g/mol. The third-order valence-corrected chi connectivity index (χ3v) is 15.5. The second-order valence-electron chi connectivity index (χ2n) is 10.6. The van der Waals surface area contributed by atoms with Gasteiger partial charge in [0, 0.05) is 0 Å². The number of ether oxygens (including phenoxy) is 1. The molecule has 3 nitrogen and oxygen atoms in total. The predicted octanol–water partition coefficient (Wildman–Crippen LogP) is 6.83. The van der Waals surface area contributed by atoms with Crippen molar-refractivity contribution >= 4 is 16.6 Å². The van der Waals surface area contributed by atoms with Crippen LogP contribution in [0.25, 0.3) is 0 Å². The fraction of sp³-hybridized carbons (Fsp3) is 0.714. The van der Waals surface area contributed by atoms with Gasteiger partial charge in [-0.25, -0.2) is 0 Å².